The first kappa shape index (κ1) is 32.8. The third-order valence-electron chi connectivity index (χ3n) is 9.78. The number of fused-ring (bicyclic) bond motifs is 1. The summed E-state index contributed by atoms with van der Waals surface area (Å²) in [4.78, 5) is 24.8. The number of rotatable bonds is 10. The minimum absolute atomic E-state index is 0.0787. The number of hydrogen-bond acceptors (Lipinski definition) is 7. The Morgan fingerprint density at radius 2 is 1.57 bits per heavy atom. The molecule has 4 heterocycles. The monoisotopic (exact) mass is 670 g/mol. The van der Waals surface area contributed by atoms with E-state index >= 15 is 4.39 Å². The van der Waals surface area contributed by atoms with E-state index in [1.165, 1.54) is 6.07 Å². The van der Waals surface area contributed by atoms with E-state index in [-0.39, 0.29) is 17.9 Å². The molecular weight excluding hydrogens is 633 g/mol. The van der Waals surface area contributed by atoms with Crippen molar-refractivity contribution < 1.29 is 32.2 Å². The number of benzene rings is 3. The average Bonchev–Trinajstić information content (AvgIpc) is 3.84. The summed E-state index contributed by atoms with van der Waals surface area (Å²) < 4.78 is 53.3. The second-order valence-electron chi connectivity index (χ2n) is 12.9. The number of likely N-dealkylation sites (tertiary alicyclic amines) is 2. The molecule has 2 aliphatic heterocycles. The normalized spacial score (nSPS) is 17.1. The fourth-order valence-electron chi connectivity index (χ4n) is 7.27. The first-order valence-corrected chi connectivity index (χ1v) is 16.6. The number of carboxylic acid groups (broad SMARTS) is 1. The molecule has 254 valence electrons. The molecule has 5 aromatic rings. The van der Waals surface area contributed by atoms with Gasteiger partial charge in [0.1, 0.15) is 17.3 Å². The van der Waals surface area contributed by atoms with Crippen LogP contribution in [-0.2, 0) is 17.9 Å². The van der Waals surface area contributed by atoms with Crippen molar-refractivity contribution in [3.05, 3.63) is 89.0 Å². The molecule has 2 aromatic heterocycles. The van der Waals surface area contributed by atoms with Crippen LogP contribution in [0.15, 0.2) is 65.1 Å². The first-order valence-electron chi connectivity index (χ1n) is 16.6. The largest absolute Gasteiger partial charge is 0.480 e. The van der Waals surface area contributed by atoms with E-state index < -0.39 is 24.6 Å². The van der Waals surface area contributed by atoms with E-state index in [0.717, 1.165) is 59.4 Å². The lowest BCUT2D eigenvalue weighted by Gasteiger charge is -2.22. The van der Waals surface area contributed by atoms with Gasteiger partial charge in [-0.1, -0.05) is 30.3 Å². The number of aliphatic carboxylic acids is 1. The van der Waals surface area contributed by atoms with Crippen LogP contribution in [0.3, 0.4) is 0 Å². The molecule has 0 bridgehead atoms. The molecule has 0 aliphatic carbocycles. The van der Waals surface area contributed by atoms with Crippen molar-refractivity contribution in [2.75, 3.05) is 19.6 Å². The molecule has 49 heavy (non-hydrogen) atoms. The molecule has 11 heteroatoms. The standard InChI is InChI=1S/C38H37F3N4O4/c1-22-26(8-5-10-28(22)30-14-13-25(42-35(30)39)21-44-15-3-4-16-44)27-9-6-11-29(23(27)2)36-43-31-18-24(20-45-17-7-12-32(45)37(46)47)33(49-38(40)41)19-34(31)48-36/h5-6,8-11,13-14,18-19,32,38H,3-4,7,12,15-17,20-21H2,1-2H3,(H,46,47)/t32-/m0/s1. The van der Waals surface area contributed by atoms with Gasteiger partial charge in [0.2, 0.25) is 11.8 Å². The van der Waals surface area contributed by atoms with Crippen molar-refractivity contribution in [1.82, 2.24) is 19.8 Å². The topological polar surface area (TPSA) is 91.9 Å². The van der Waals surface area contributed by atoms with E-state index in [9.17, 15) is 18.7 Å². The summed E-state index contributed by atoms with van der Waals surface area (Å²) in [5.74, 6) is -1.21. The predicted octanol–water partition coefficient (Wildman–Crippen LogP) is 8.23. The molecule has 0 saturated carbocycles. The van der Waals surface area contributed by atoms with Crippen molar-refractivity contribution in [1.29, 1.82) is 0 Å². The van der Waals surface area contributed by atoms with Crippen LogP contribution in [0.4, 0.5) is 13.2 Å². The first-order chi connectivity index (χ1) is 23.7. The molecule has 1 N–H and O–H groups in total. The molecular formula is C38H37F3N4O4. The number of aromatic nitrogens is 2. The van der Waals surface area contributed by atoms with E-state index in [1.54, 1.807) is 11.0 Å². The Balaban J connectivity index is 1.21. The minimum Gasteiger partial charge on any atom is -0.480 e. The number of halogens is 3. The zero-order valence-electron chi connectivity index (χ0n) is 27.4. The van der Waals surface area contributed by atoms with Gasteiger partial charge in [0.05, 0.1) is 5.69 Å². The van der Waals surface area contributed by atoms with Crippen LogP contribution < -0.4 is 4.74 Å². The Hall–Kier alpha value is -4.74. The van der Waals surface area contributed by atoms with Gasteiger partial charge in [-0.25, -0.2) is 9.97 Å². The van der Waals surface area contributed by atoms with Gasteiger partial charge in [-0.05, 0) is 111 Å². The fraction of sp³-hybridized carbons (Fsp3) is 0.342. The lowest BCUT2D eigenvalue weighted by molar-refractivity contribution is -0.142. The van der Waals surface area contributed by atoms with Crippen LogP contribution in [0.25, 0.3) is 44.8 Å². The van der Waals surface area contributed by atoms with Crippen molar-refractivity contribution in [3.63, 3.8) is 0 Å². The lowest BCUT2D eigenvalue weighted by atomic mass is 9.89. The van der Waals surface area contributed by atoms with Gasteiger partial charge in [-0.2, -0.15) is 13.2 Å². The second-order valence-corrected chi connectivity index (χ2v) is 12.9. The number of carboxylic acids is 1. The summed E-state index contributed by atoms with van der Waals surface area (Å²) in [6, 6.07) is 17.6. The van der Waals surface area contributed by atoms with Crippen LogP contribution in [-0.4, -0.2) is 63.1 Å². The maximum Gasteiger partial charge on any atom is 0.387 e. The maximum atomic E-state index is 15.5. The zero-order valence-corrected chi connectivity index (χ0v) is 27.4. The van der Waals surface area contributed by atoms with Gasteiger partial charge in [-0.15, -0.1) is 0 Å². The number of pyridine rings is 1. The highest BCUT2D eigenvalue weighted by molar-refractivity contribution is 5.84. The van der Waals surface area contributed by atoms with Gasteiger partial charge in [0.25, 0.3) is 0 Å². The van der Waals surface area contributed by atoms with E-state index in [2.05, 4.69) is 9.88 Å². The van der Waals surface area contributed by atoms with Crippen LogP contribution in [0.2, 0.25) is 0 Å². The summed E-state index contributed by atoms with van der Waals surface area (Å²) in [5, 5.41) is 9.62. The van der Waals surface area contributed by atoms with Crippen molar-refractivity contribution in [2.24, 2.45) is 0 Å². The molecule has 2 saturated heterocycles. The predicted molar refractivity (Wildman–Crippen MR) is 180 cm³/mol. The molecule has 3 aromatic carbocycles. The number of ether oxygens (including phenoxy) is 1. The molecule has 0 amide bonds. The Kier molecular flexibility index (Phi) is 9.13. The average molecular weight is 671 g/mol. The number of hydrogen-bond donors (Lipinski definition) is 1. The van der Waals surface area contributed by atoms with E-state index in [0.29, 0.717) is 54.0 Å². The molecule has 0 spiro atoms. The lowest BCUT2D eigenvalue weighted by Crippen LogP contribution is -2.35. The summed E-state index contributed by atoms with van der Waals surface area (Å²) in [6.07, 6.45) is 3.51. The minimum atomic E-state index is -3.07. The van der Waals surface area contributed by atoms with Crippen molar-refractivity contribution >= 4 is 17.1 Å². The van der Waals surface area contributed by atoms with Crippen molar-refractivity contribution in [3.8, 4) is 39.5 Å². The molecule has 0 radical (unpaired) electrons. The molecule has 7 rings (SSSR count). The molecule has 8 nitrogen and oxygen atoms in total. The molecule has 2 fully saturated rings. The van der Waals surface area contributed by atoms with Crippen LogP contribution in [0.5, 0.6) is 5.75 Å². The Morgan fingerprint density at radius 1 is 0.898 bits per heavy atom. The van der Waals surface area contributed by atoms with Gasteiger partial charge >= 0.3 is 12.6 Å². The number of nitrogens with zero attached hydrogens (tertiary/aromatic N) is 4. The highest BCUT2D eigenvalue weighted by Crippen LogP contribution is 2.39. The Morgan fingerprint density at radius 3 is 2.24 bits per heavy atom. The summed E-state index contributed by atoms with van der Waals surface area (Å²) in [5.41, 5.74) is 7.35. The van der Waals surface area contributed by atoms with Crippen LogP contribution in [0.1, 0.15) is 48.1 Å². The quantitative estimate of drug-likeness (QED) is 0.149. The Bertz CT molecular complexity index is 2020. The third kappa shape index (κ3) is 6.65. The zero-order chi connectivity index (χ0) is 34.2. The molecule has 2 aliphatic rings. The number of carbonyl (C=O) groups is 1. The number of alkyl halides is 2. The van der Waals surface area contributed by atoms with Crippen LogP contribution >= 0.6 is 0 Å². The molecule has 1 atom stereocenters. The second kappa shape index (κ2) is 13.6. The van der Waals surface area contributed by atoms with Gasteiger partial charge in [-0.3, -0.25) is 14.6 Å². The van der Waals surface area contributed by atoms with Crippen molar-refractivity contribution in [2.45, 2.75) is 65.3 Å². The summed E-state index contributed by atoms with van der Waals surface area (Å²) in [7, 11) is 0. The highest BCUT2D eigenvalue weighted by atomic mass is 19.3. The SMILES string of the molecule is Cc1c(-c2nc3cc(CN4CCC[C@H]4C(=O)O)c(OC(F)F)cc3o2)cccc1-c1cccc(-c2ccc(CN3CCCC3)nc2F)c1C. The summed E-state index contributed by atoms with van der Waals surface area (Å²) >= 11 is 0. The fourth-order valence-corrected chi connectivity index (χ4v) is 7.27. The maximum absolute atomic E-state index is 15.5. The van der Waals surface area contributed by atoms with E-state index in [1.807, 2.05) is 62.4 Å². The smallest absolute Gasteiger partial charge is 0.387 e. The molecule has 0 unspecified atom stereocenters. The summed E-state index contributed by atoms with van der Waals surface area (Å²) in [6.45, 7) is 4.18. The number of oxazole rings is 1. The van der Waals surface area contributed by atoms with Gasteiger partial charge in [0, 0.05) is 35.8 Å². The van der Waals surface area contributed by atoms with Crippen LogP contribution in [0, 0.1) is 19.8 Å². The van der Waals surface area contributed by atoms with Gasteiger partial charge in [0.15, 0.2) is 5.58 Å². The van der Waals surface area contributed by atoms with E-state index in [4.69, 9.17) is 14.1 Å². The Labute approximate surface area is 282 Å². The highest BCUT2D eigenvalue weighted by Gasteiger charge is 2.31. The van der Waals surface area contributed by atoms with Gasteiger partial charge < -0.3 is 14.3 Å². The third-order valence-corrected chi connectivity index (χ3v) is 9.78.